The number of aromatic nitrogens is 4. The molecular formula is C22H27N5O. The van der Waals surface area contributed by atoms with Crippen LogP contribution in [-0.4, -0.2) is 45.3 Å². The first kappa shape index (κ1) is 18.6. The summed E-state index contributed by atoms with van der Waals surface area (Å²) >= 11 is 0. The Kier molecular flexibility index (Phi) is 5.67. The average Bonchev–Trinajstić information content (AvgIpc) is 3.19. The summed E-state index contributed by atoms with van der Waals surface area (Å²) in [6, 6.07) is 18.7. The molecule has 28 heavy (non-hydrogen) atoms. The van der Waals surface area contributed by atoms with Crippen LogP contribution in [0.4, 0.5) is 0 Å². The van der Waals surface area contributed by atoms with E-state index in [1.807, 2.05) is 16.8 Å². The molecule has 0 saturated carbocycles. The Morgan fingerprint density at radius 1 is 1.04 bits per heavy atom. The van der Waals surface area contributed by atoms with Crippen molar-refractivity contribution >= 4 is 0 Å². The van der Waals surface area contributed by atoms with Crippen molar-refractivity contribution in [3.05, 3.63) is 71.5 Å². The van der Waals surface area contributed by atoms with Gasteiger partial charge in [0.2, 0.25) is 0 Å². The second-order valence-electron chi connectivity index (χ2n) is 7.57. The molecule has 146 valence electrons. The Labute approximate surface area is 166 Å². The van der Waals surface area contributed by atoms with Crippen molar-refractivity contribution in [3.63, 3.8) is 0 Å². The zero-order chi connectivity index (χ0) is 19.3. The van der Waals surface area contributed by atoms with Gasteiger partial charge in [0.15, 0.2) is 5.82 Å². The Hall–Kier alpha value is -2.73. The van der Waals surface area contributed by atoms with E-state index in [1.54, 1.807) is 7.11 Å². The van der Waals surface area contributed by atoms with Gasteiger partial charge < -0.3 is 4.74 Å². The summed E-state index contributed by atoms with van der Waals surface area (Å²) in [5, 5.41) is 12.8. The van der Waals surface area contributed by atoms with Crippen LogP contribution in [0, 0.1) is 5.92 Å². The van der Waals surface area contributed by atoms with Gasteiger partial charge in [0.05, 0.1) is 19.7 Å². The highest BCUT2D eigenvalue weighted by molar-refractivity contribution is 5.28. The second-order valence-corrected chi connectivity index (χ2v) is 7.57. The van der Waals surface area contributed by atoms with E-state index >= 15 is 0 Å². The maximum atomic E-state index is 5.26. The summed E-state index contributed by atoms with van der Waals surface area (Å²) in [5.41, 5.74) is 2.39. The van der Waals surface area contributed by atoms with E-state index in [9.17, 15) is 0 Å². The van der Waals surface area contributed by atoms with Gasteiger partial charge in [-0.25, -0.2) is 4.68 Å². The molecule has 0 radical (unpaired) electrons. The lowest BCUT2D eigenvalue weighted by atomic mass is 9.95. The van der Waals surface area contributed by atoms with Crippen LogP contribution in [0.1, 0.15) is 42.8 Å². The molecular weight excluding hydrogens is 350 g/mol. The number of methoxy groups -OCH3 is 1. The molecule has 0 N–H and O–H groups in total. The molecule has 6 nitrogen and oxygen atoms in total. The van der Waals surface area contributed by atoms with Crippen LogP contribution in [0.5, 0.6) is 5.75 Å². The average molecular weight is 377 g/mol. The lowest BCUT2D eigenvalue weighted by Gasteiger charge is -2.36. The molecule has 2 heterocycles. The van der Waals surface area contributed by atoms with Gasteiger partial charge in [-0.2, -0.15) is 0 Å². The molecule has 0 amide bonds. The molecule has 1 aliphatic rings. The normalized spacial score (nSPS) is 16.8. The minimum Gasteiger partial charge on any atom is -0.497 e. The highest BCUT2D eigenvalue weighted by atomic mass is 16.5. The molecule has 0 unspecified atom stereocenters. The van der Waals surface area contributed by atoms with Gasteiger partial charge in [0, 0.05) is 0 Å². The van der Waals surface area contributed by atoms with Crippen molar-refractivity contribution in [3.8, 4) is 5.75 Å². The third-order valence-electron chi connectivity index (χ3n) is 5.59. The van der Waals surface area contributed by atoms with Crippen molar-refractivity contribution in [2.75, 3.05) is 20.2 Å². The molecule has 6 heteroatoms. The van der Waals surface area contributed by atoms with E-state index in [2.05, 4.69) is 69.8 Å². The van der Waals surface area contributed by atoms with E-state index in [0.717, 1.165) is 36.1 Å². The zero-order valence-electron chi connectivity index (χ0n) is 16.5. The van der Waals surface area contributed by atoms with E-state index in [1.165, 1.54) is 18.4 Å². The maximum absolute atomic E-state index is 5.26. The van der Waals surface area contributed by atoms with Gasteiger partial charge in [-0.3, -0.25) is 4.90 Å². The molecule has 1 saturated heterocycles. The topological polar surface area (TPSA) is 56.1 Å². The summed E-state index contributed by atoms with van der Waals surface area (Å²) in [4.78, 5) is 2.52. The van der Waals surface area contributed by atoms with Gasteiger partial charge in [-0.05, 0) is 65.5 Å². The number of likely N-dealkylation sites (tertiary alicyclic amines) is 1. The van der Waals surface area contributed by atoms with Crippen molar-refractivity contribution in [1.29, 1.82) is 0 Å². The van der Waals surface area contributed by atoms with Crippen LogP contribution in [-0.2, 0) is 6.54 Å². The van der Waals surface area contributed by atoms with Crippen LogP contribution < -0.4 is 4.74 Å². The summed E-state index contributed by atoms with van der Waals surface area (Å²) < 4.78 is 7.19. The SMILES string of the molecule is COc1ccc(Cn2nnnc2[C@H](c2ccccc2)N2CCC(C)CC2)cc1. The number of rotatable bonds is 6. The van der Waals surface area contributed by atoms with E-state index in [0.29, 0.717) is 6.54 Å². The molecule has 1 atom stereocenters. The number of nitrogens with zero attached hydrogens (tertiary/aromatic N) is 5. The quantitative estimate of drug-likeness (QED) is 0.657. The van der Waals surface area contributed by atoms with Gasteiger partial charge in [-0.1, -0.05) is 49.4 Å². The van der Waals surface area contributed by atoms with Crippen LogP contribution in [0.3, 0.4) is 0 Å². The van der Waals surface area contributed by atoms with Crippen molar-refractivity contribution in [2.24, 2.45) is 5.92 Å². The van der Waals surface area contributed by atoms with E-state index in [4.69, 9.17) is 4.74 Å². The van der Waals surface area contributed by atoms with E-state index < -0.39 is 0 Å². The minimum atomic E-state index is 0.0712. The molecule has 4 rings (SSSR count). The highest BCUT2D eigenvalue weighted by Gasteiger charge is 2.30. The predicted octanol–water partition coefficient (Wildman–Crippen LogP) is 3.55. The van der Waals surface area contributed by atoms with Gasteiger partial charge in [0.25, 0.3) is 0 Å². The Balaban J connectivity index is 1.64. The standard InChI is InChI=1S/C22H27N5O/c1-17-12-14-26(15-13-17)21(19-6-4-3-5-7-19)22-23-24-25-27(22)16-18-8-10-20(28-2)11-9-18/h3-11,17,21H,12-16H2,1-2H3/t21-/m0/s1. The molecule has 1 fully saturated rings. The maximum Gasteiger partial charge on any atom is 0.173 e. The molecule has 2 aromatic carbocycles. The lowest BCUT2D eigenvalue weighted by Crippen LogP contribution is -2.38. The lowest BCUT2D eigenvalue weighted by molar-refractivity contribution is 0.150. The third-order valence-corrected chi connectivity index (χ3v) is 5.59. The number of hydrogen-bond donors (Lipinski definition) is 0. The first-order chi connectivity index (χ1) is 13.7. The summed E-state index contributed by atoms with van der Waals surface area (Å²) in [6.45, 7) is 5.11. The Morgan fingerprint density at radius 2 is 1.75 bits per heavy atom. The summed E-state index contributed by atoms with van der Waals surface area (Å²) in [7, 11) is 1.68. The Morgan fingerprint density at radius 3 is 2.43 bits per heavy atom. The summed E-state index contributed by atoms with van der Waals surface area (Å²) in [6.07, 6.45) is 2.42. The number of hydrogen-bond acceptors (Lipinski definition) is 5. The fourth-order valence-corrected chi connectivity index (χ4v) is 3.87. The van der Waals surface area contributed by atoms with Gasteiger partial charge in [0.1, 0.15) is 5.75 Å². The molecule has 3 aromatic rings. The summed E-state index contributed by atoms with van der Waals surface area (Å²) in [5.74, 6) is 2.53. The monoisotopic (exact) mass is 377 g/mol. The van der Waals surface area contributed by atoms with Gasteiger partial charge >= 0.3 is 0 Å². The number of piperidine rings is 1. The van der Waals surface area contributed by atoms with Crippen LogP contribution in [0.25, 0.3) is 0 Å². The van der Waals surface area contributed by atoms with Crippen molar-refractivity contribution in [1.82, 2.24) is 25.1 Å². The van der Waals surface area contributed by atoms with Gasteiger partial charge in [-0.15, -0.1) is 5.10 Å². The molecule has 0 spiro atoms. The second kappa shape index (κ2) is 8.52. The Bertz CT molecular complexity index is 869. The highest BCUT2D eigenvalue weighted by Crippen LogP contribution is 2.31. The third kappa shape index (κ3) is 4.07. The van der Waals surface area contributed by atoms with E-state index in [-0.39, 0.29) is 6.04 Å². The first-order valence-electron chi connectivity index (χ1n) is 9.92. The van der Waals surface area contributed by atoms with Crippen LogP contribution in [0.2, 0.25) is 0 Å². The number of benzene rings is 2. The van der Waals surface area contributed by atoms with Crippen LogP contribution >= 0.6 is 0 Å². The molecule has 1 aromatic heterocycles. The molecule has 0 aliphatic carbocycles. The van der Waals surface area contributed by atoms with Crippen LogP contribution in [0.15, 0.2) is 54.6 Å². The molecule has 0 bridgehead atoms. The molecule has 1 aliphatic heterocycles. The largest absolute Gasteiger partial charge is 0.497 e. The fourth-order valence-electron chi connectivity index (χ4n) is 3.87. The van der Waals surface area contributed by atoms with Crippen molar-refractivity contribution in [2.45, 2.75) is 32.4 Å². The smallest absolute Gasteiger partial charge is 0.173 e. The first-order valence-corrected chi connectivity index (χ1v) is 9.92. The number of tetrazole rings is 1. The number of ether oxygens (including phenoxy) is 1. The fraction of sp³-hybridized carbons (Fsp3) is 0.409. The van der Waals surface area contributed by atoms with Crippen molar-refractivity contribution < 1.29 is 4.74 Å². The predicted molar refractivity (Wildman–Crippen MR) is 108 cm³/mol. The minimum absolute atomic E-state index is 0.0712. The zero-order valence-corrected chi connectivity index (χ0v) is 16.5.